The minimum absolute atomic E-state index is 0.0129. The van der Waals surface area contributed by atoms with Crippen molar-refractivity contribution >= 4 is 44.0 Å². The highest BCUT2D eigenvalue weighted by Gasteiger charge is 2.84. The second kappa shape index (κ2) is 15.7. The summed E-state index contributed by atoms with van der Waals surface area (Å²) in [5.41, 5.74) is 6.13. The minimum atomic E-state index is -4.54. The molecule has 2 aromatic heterocycles. The first kappa shape index (κ1) is 41.4. The van der Waals surface area contributed by atoms with Crippen LogP contribution in [0.25, 0.3) is 11.0 Å². The molecule has 4 fully saturated rings. The SMILES string of the molecule is CC(C)C12CC1(C1=C(CN3CCN(c4ccc(C(=O)NS(=O)(=O)c5ccc(NCC6CCOCC6)c([N+](=O)[O-])c5)c(Oc5cnc6[nH]ccc6c5)c4)CC3)CCC(C)(C)C1)C2. The normalized spacial score (nSPS) is 24.1. The summed E-state index contributed by atoms with van der Waals surface area (Å²) in [5.74, 6) is 0.611. The lowest BCUT2D eigenvalue weighted by Gasteiger charge is -2.40. The van der Waals surface area contributed by atoms with Gasteiger partial charge in [-0.1, -0.05) is 38.8 Å². The van der Waals surface area contributed by atoms with E-state index in [4.69, 9.17) is 9.47 Å². The molecule has 2 saturated heterocycles. The fourth-order valence-corrected chi connectivity index (χ4v) is 11.3. The van der Waals surface area contributed by atoms with Crippen molar-refractivity contribution in [2.24, 2.45) is 28.1 Å². The number of nitrogens with zero attached hydrogens (tertiary/aromatic N) is 4. The largest absolute Gasteiger partial charge is 0.455 e. The Morgan fingerprint density at radius 3 is 2.56 bits per heavy atom. The zero-order chi connectivity index (χ0) is 42.7. The van der Waals surface area contributed by atoms with E-state index >= 15 is 0 Å². The van der Waals surface area contributed by atoms with E-state index in [0.29, 0.717) is 47.4 Å². The number of anilines is 2. The molecule has 2 aromatic carbocycles. The third kappa shape index (κ3) is 8.12. The number of pyridine rings is 1. The number of benzene rings is 2. The number of aromatic nitrogens is 2. The maximum atomic E-state index is 13.9. The van der Waals surface area contributed by atoms with Gasteiger partial charge in [0.1, 0.15) is 22.8 Å². The molecule has 0 spiro atoms. The number of H-pyrrole nitrogens is 1. The number of amides is 1. The minimum Gasteiger partial charge on any atom is -0.455 e. The van der Waals surface area contributed by atoms with Gasteiger partial charge in [-0.15, -0.1) is 0 Å². The van der Waals surface area contributed by atoms with Gasteiger partial charge in [-0.05, 0) is 109 Å². The van der Waals surface area contributed by atoms with Crippen molar-refractivity contribution in [2.75, 3.05) is 62.7 Å². The van der Waals surface area contributed by atoms with E-state index in [-0.39, 0.29) is 22.9 Å². The van der Waals surface area contributed by atoms with E-state index in [0.717, 1.165) is 68.6 Å². The van der Waals surface area contributed by atoms with Crippen LogP contribution in [0.3, 0.4) is 0 Å². The monoisotopic (exact) mass is 851 g/mol. The molecule has 3 N–H and O–H groups in total. The van der Waals surface area contributed by atoms with E-state index in [1.165, 1.54) is 44.2 Å². The van der Waals surface area contributed by atoms with E-state index in [9.17, 15) is 23.3 Å². The number of hydrogen-bond donors (Lipinski definition) is 3. The number of hydrogen-bond acceptors (Lipinski definition) is 11. The van der Waals surface area contributed by atoms with Crippen LogP contribution in [0.1, 0.15) is 83.0 Å². The Balaban J connectivity index is 0.923. The molecule has 0 bridgehead atoms. The molecule has 2 saturated carbocycles. The van der Waals surface area contributed by atoms with Crippen LogP contribution in [-0.4, -0.2) is 86.6 Å². The summed E-state index contributed by atoms with van der Waals surface area (Å²) in [5, 5.41) is 16.0. The molecule has 61 heavy (non-hydrogen) atoms. The predicted molar refractivity (Wildman–Crippen MR) is 235 cm³/mol. The molecule has 0 radical (unpaired) electrons. The lowest BCUT2D eigenvalue weighted by molar-refractivity contribution is -0.384. The molecule has 14 nitrogen and oxygen atoms in total. The van der Waals surface area contributed by atoms with Gasteiger partial charge in [0.25, 0.3) is 21.6 Å². The smallest absolute Gasteiger partial charge is 0.293 e. The Hall–Kier alpha value is -4.99. The van der Waals surface area contributed by atoms with Crippen LogP contribution in [0.5, 0.6) is 11.5 Å². The number of ether oxygens (including phenoxy) is 2. The lowest BCUT2D eigenvalue weighted by atomic mass is 9.71. The van der Waals surface area contributed by atoms with Crippen LogP contribution in [0.4, 0.5) is 17.1 Å². The van der Waals surface area contributed by atoms with E-state index in [2.05, 4.69) is 57.5 Å². The van der Waals surface area contributed by atoms with Crippen LogP contribution in [-0.2, 0) is 14.8 Å². The van der Waals surface area contributed by atoms with Crippen molar-refractivity contribution < 1.29 is 27.6 Å². The van der Waals surface area contributed by atoms with Gasteiger partial charge in [-0.25, -0.2) is 18.1 Å². The second-order valence-corrected chi connectivity index (χ2v) is 20.8. The van der Waals surface area contributed by atoms with Crippen molar-refractivity contribution in [3.05, 3.63) is 87.7 Å². The number of nitro benzene ring substituents is 1. The Labute approximate surface area is 357 Å². The van der Waals surface area contributed by atoms with Crippen molar-refractivity contribution in [2.45, 2.75) is 77.5 Å². The zero-order valence-electron chi connectivity index (χ0n) is 35.6. The first-order valence-corrected chi connectivity index (χ1v) is 23.2. The van der Waals surface area contributed by atoms with Crippen molar-refractivity contribution in [3.63, 3.8) is 0 Å². The molecule has 9 rings (SSSR count). The van der Waals surface area contributed by atoms with Gasteiger partial charge in [-0.3, -0.25) is 19.8 Å². The summed E-state index contributed by atoms with van der Waals surface area (Å²) in [7, 11) is -4.54. The number of piperazine rings is 1. The summed E-state index contributed by atoms with van der Waals surface area (Å²) in [4.78, 5) is 37.3. The molecule has 0 unspecified atom stereocenters. The summed E-state index contributed by atoms with van der Waals surface area (Å²) >= 11 is 0. The number of rotatable bonds is 14. The Bertz CT molecular complexity index is 2490. The molecule has 15 heteroatoms. The Morgan fingerprint density at radius 1 is 1.07 bits per heavy atom. The number of nitrogens with one attached hydrogen (secondary N) is 3. The fraction of sp³-hybridized carbons (Fsp3) is 0.522. The molecule has 1 amide bonds. The molecule has 2 aliphatic heterocycles. The highest BCUT2D eigenvalue weighted by Crippen LogP contribution is 2.92. The first-order valence-electron chi connectivity index (χ1n) is 21.8. The number of fused-ring (bicyclic) bond motifs is 2. The molecule has 3 aliphatic carbocycles. The average molecular weight is 852 g/mol. The second-order valence-electron chi connectivity index (χ2n) is 19.1. The molecule has 4 heterocycles. The summed E-state index contributed by atoms with van der Waals surface area (Å²) in [6.07, 6.45) is 11.3. The average Bonchev–Trinajstić information content (AvgIpc) is 4.02. The van der Waals surface area contributed by atoms with Crippen LogP contribution in [0.15, 0.2) is 77.0 Å². The summed E-state index contributed by atoms with van der Waals surface area (Å²) in [6.45, 7) is 15.8. The number of sulfonamides is 1. The molecular weight excluding hydrogens is 795 g/mol. The Kier molecular flexibility index (Phi) is 10.7. The fourth-order valence-electron chi connectivity index (χ4n) is 10.4. The summed E-state index contributed by atoms with van der Waals surface area (Å²) in [6, 6.07) is 12.4. The molecule has 4 aromatic rings. The van der Waals surface area contributed by atoms with Gasteiger partial charge in [0, 0.05) is 81.9 Å². The topological polar surface area (TPSA) is 172 Å². The van der Waals surface area contributed by atoms with Crippen molar-refractivity contribution in [1.82, 2.24) is 19.6 Å². The van der Waals surface area contributed by atoms with E-state index < -0.39 is 31.4 Å². The summed E-state index contributed by atoms with van der Waals surface area (Å²) < 4.78 is 41.2. The highest BCUT2D eigenvalue weighted by atomic mass is 32.2. The van der Waals surface area contributed by atoms with Crippen molar-refractivity contribution in [1.29, 1.82) is 0 Å². The van der Waals surface area contributed by atoms with Gasteiger partial charge < -0.3 is 24.7 Å². The molecular formula is C46H57N7O7S. The molecule has 0 atom stereocenters. The van der Waals surface area contributed by atoms with Crippen LogP contribution in [0.2, 0.25) is 0 Å². The number of allylic oxidation sites excluding steroid dienone is 1. The van der Waals surface area contributed by atoms with Gasteiger partial charge in [0.2, 0.25) is 0 Å². The van der Waals surface area contributed by atoms with Gasteiger partial charge >= 0.3 is 0 Å². The standard InChI is InChI=1S/C46H57N7O7S/c1-30(2)45-28-46(45,29-45)38-24-44(3,4)13-9-33(38)27-51-15-17-52(18-16-51)34-5-7-37(41(22-34)60-35-21-32-10-14-47-42(32)49-26-35)43(54)50-61(57,58)36-6-8-39(40(23-36)53(55)56)48-25-31-11-19-59-20-12-31/h5-8,10,14,21-23,26,30-31,48H,9,11-13,15-20,24-25,27-29H2,1-4H3,(H,47,49)(H,50,54). The van der Waals surface area contributed by atoms with Gasteiger partial charge in [0.15, 0.2) is 0 Å². The first-order chi connectivity index (χ1) is 29.2. The van der Waals surface area contributed by atoms with Gasteiger partial charge in [0.05, 0.1) is 21.6 Å². The van der Waals surface area contributed by atoms with Crippen LogP contribution >= 0.6 is 0 Å². The highest BCUT2D eigenvalue weighted by molar-refractivity contribution is 7.90. The van der Waals surface area contributed by atoms with Gasteiger partial charge in [-0.2, -0.15) is 0 Å². The van der Waals surface area contributed by atoms with E-state index in [1.807, 2.05) is 12.1 Å². The number of carbonyl (C=O) groups excluding carboxylic acids is 1. The zero-order valence-corrected chi connectivity index (χ0v) is 36.4. The third-order valence-electron chi connectivity index (χ3n) is 14.4. The lowest BCUT2D eigenvalue weighted by Crippen LogP contribution is -2.47. The van der Waals surface area contributed by atoms with Crippen LogP contribution < -0.4 is 19.7 Å². The van der Waals surface area contributed by atoms with E-state index in [1.54, 1.807) is 41.7 Å². The maximum absolute atomic E-state index is 13.9. The Morgan fingerprint density at radius 2 is 1.84 bits per heavy atom. The molecule has 324 valence electrons. The number of aromatic amines is 1. The predicted octanol–water partition coefficient (Wildman–Crippen LogP) is 8.29. The number of nitro groups is 1. The maximum Gasteiger partial charge on any atom is 0.293 e. The third-order valence-corrected chi connectivity index (χ3v) is 15.7. The quantitative estimate of drug-likeness (QED) is 0.0633. The number of carbonyl (C=O) groups is 1. The molecule has 5 aliphatic rings. The van der Waals surface area contributed by atoms with Crippen LogP contribution in [0, 0.1) is 38.2 Å². The van der Waals surface area contributed by atoms with Crippen molar-refractivity contribution in [3.8, 4) is 11.5 Å².